The van der Waals surface area contributed by atoms with Crippen LogP contribution in [0.25, 0.3) is 6.08 Å². The number of amides is 2. The van der Waals surface area contributed by atoms with E-state index >= 15 is 0 Å². The van der Waals surface area contributed by atoms with Gasteiger partial charge in [-0.3, -0.25) is 14.5 Å². The molecule has 1 fully saturated rings. The lowest BCUT2D eigenvalue weighted by Crippen LogP contribution is -2.70. The molecule has 2 aromatic carbocycles. The Bertz CT molecular complexity index is 1460. The predicted molar refractivity (Wildman–Crippen MR) is 155 cm³/mol. The average Bonchev–Trinajstić information content (AvgIpc) is 3.41. The number of methoxy groups -OCH3 is 1. The summed E-state index contributed by atoms with van der Waals surface area (Å²) in [5.41, 5.74) is 1.53. The minimum absolute atomic E-state index is 0.0229. The van der Waals surface area contributed by atoms with E-state index in [-0.39, 0.29) is 29.9 Å². The van der Waals surface area contributed by atoms with Gasteiger partial charge in [-0.1, -0.05) is 41.6 Å². The van der Waals surface area contributed by atoms with Crippen molar-refractivity contribution in [3.63, 3.8) is 0 Å². The van der Waals surface area contributed by atoms with E-state index in [1.807, 2.05) is 30.3 Å². The molecule has 1 N–H and O–H groups in total. The molecule has 1 unspecified atom stereocenters. The standard InChI is InChI=1S/C28H24BrN3O6S2/c1-36-19-10-7-17(8-11-19)14-37-28(35)25-18(9-12-20-13-22(29)31-38-20)15-40-27-24(26(34)32(25)27)30-23(33)16-39-21-5-3-2-4-6-21/h2-13,24,27H,14-16H2,1H3,(H,30,33)/b12-9+/t24-,27?/m1/s1. The number of rotatable bonds is 10. The number of halogens is 1. The average molecular weight is 643 g/mol. The van der Waals surface area contributed by atoms with Gasteiger partial charge >= 0.3 is 5.97 Å². The second-order valence-corrected chi connectivity index (χ2v) is 11.7. The third-order valence-electron chi connectivity index (χ3n) is 6.10. The molecule has 0 radical (unpaired) electrons. The highest BCUT2D eigenvalue weighted by Crippen LogP contribution is 2.41. The molecule has 0 saturated carbocycles. The van der Waals surface area contributed by atoms with Crippen LogP contribution in [0.4, 0.5) is 0 Å². The molecule has 0 aliphatic carbocycles. The van der Waals surface area contributed by atoms with Crippen molar-refractivity contribution in [1.29, 1.82) is 0 Å². The van der Waals surface area contributed by atoms with E-state index in [1.165, 1.54) is 28.4 Å². The maximum Gasteiger partial charge on any atom is 0.355 e. The van der Waals surface area contributed by atoms with Gasteiger partial charge in [0.05, 0.1) is 12.9 Å². The molecule has 0 bridgehead atoms. The number of carbonyl (C=O) groups is 3. The van der Waals surface area contributed by atoms with E-state index in [0.29, 0.717) is 27.4 Å². The number of thioether (sulfide) groups is 2. The highest BCUT2D eigenvalue weighted by atomic mass is 79.9. The van der Waals surface area contributed by atoms with Gasteiger partial charge in [0.25, 0.3) is 5.91 Å². The third-order valence-corrected chi connectivity index (χ3v) is 8.79. The third kappa shape index (κ3) is 6.45. The molecule has 40 heavy (non-hydrogen) atoms. The van der Waals surface area contributed by atoms with E-state index < -0.39 is 17.4 Å². The normalized spacial score (nSPS) is 18.4. The highest BCUT2D eigenvalue weighted by molar-refractivity contribution is 9.10. The van der Waals surface area contributed by atoms with E-state index in [9.17, 15) is 14.4 Å². The molecule has 12 heteroatoms. The molecule has 5 rings (SSSR count). The van der Waals surface area contributed by atoms with Crippen molar-refractivity contribution >= 4 is 63.3 Å². The van der Waals surface area contributed by atoms with Crippen LogP contribution in [0.3, 0.4) is 0 Å². The van der Waals surface area contributed by atoms with Gasteiger partial charge in [0, 0.05) is 16.7 Å². The van der Waals surface area contributed by atoms with E-state index in [1.54, 1.807) is 49.6 Å². The predicted octanol–water partition coefficient (Wildman–Crippen LogP) is 4.65. The Morgan fingerprint density at radius 2 is 1.98 bits per heavy atom. The van der Waals surface area contributed by atoms with Gasteiger partial charge in [-0.05, 0) is 57.4 Å². The summed E-state index contributed by atoms with van der Waals surface area (Å²) >= 11 is 6.10. The Hall–Kier alpha value is -3.48. The van der Waals surface area contributed by atoms with Gasteiger partial charge in [0.15, 0.2) is 5.76 Å². The number of fused-ring (bicyclic) bond motifs is 1. The van der Waals surface area contributed by atoms with E-state index in [0.717, 1.165) is 10.5 Å². The number of benzene rings is 2. The molecule has 3 aromatic rings. The second-order valence-electron chi connectivity index (χ2n) is 8.74. The van der Waals surface area contributed by atoms with Crippen LogP contribution in [0.1, 0.15) is 11.3 Å². The number of esters is 1. The summed E-state index contributed by atoms with van der Waals surface area (Å²) in [7, 11) is 1.58. The van der Waals surface area contributed by atoms with Crippen LogP contribution in [0.5, 0.6) is 5.75 Å². The minimum atomic E-state index is -0.728. The fourth-order valence-electron chi connectivity index (χ4n) is 4.11. The van der Waals surface area contributed by atoms with Crippen LogP contribution >= 0.6 is 39.5 Å². The van der Waals surface area contributed by atoms with Crippen LogP contribution in [-0.2, 0) is 25.7 Å². The lowest BCUT2D eigenvalue weighted by Gasteiger charge is -2.49. The number of aromatic nitrogens is 1. The molecule has 2 aliphatic rings. The van der Waals surface area contributed by atoms with Crippen molar-refractivity contribution in [2.24, 2.45) is 0 Å². The molecular formula is C28H24BrN3O6S2. The van der Waals surface area contributed by atoms with Gasteiger partial charge < -0.3 is 19.3 Å². The number of hydrogen-bond donors (Lipinski definition) is 1. The summed E-state index contributed by atoms with van der Waals surface area (Å²) in [6.07, 6.45) is 3.39. The highest BCUT2D eigenvalue weighted by Gasteiger charge is 2.54. The molecule has 206 valence electrons. The van der Waals surface area contributed by atoms with E-state index in [2.05, 4.69) is 26.4 Å². The summed E-state index contributed by atoms with van der Waals surface area (Å²) < 4.78 is 16.5. The number of ether oxygens (including phenoxy) is 2. The zero-order valence-corrected chi connectivity index (χ0v) is 24.5. The topological polar surface area (TPSA) is 111 Å². The van der Waals surface area contributed by atoms with E-state index in [4.69, 9.17) is 14.0 Å². The first-order valence-electron chi connectivity index (χ1n) is 12.2. The Kier molecular flexibility index (Phi) is 8.98. The van der Waals surface area contributed by atoms with Crippen LogP contribution in [0.15, 0.2) is 92.0 Å². The molecule has 3 heterocycles. The zero-order valence-electron chi connectivity index (χ0n) is 21.2. The molecule has 2 atom stereocenters. The monoisotopic (exact) mass is 641 g/mol. The van der Waals surface area contributed by atoms with Crippen LogP contribution in [-0.4, -0.2) is 57.9 Å². The second kappa shape index (κ2) is 12.8. The minimum Gasteiger partial charge on any atom is -0.497 e. The number of allylic oxidation sites excluding steroid dienone is 1. The fraction of sp³-hybridized carbons (Fsp3) is 0.214. The molecule has 1 saturated heterocycles. The summed E-state index contributed by atoms with van der Waals surface area (Å²) in [5, 5.41) is 6.21. The van der Waals surface area contributed by atoms with Gasteiger partial charge in [-0.2, -0.15) is 0 Å². The first-order chi connectivity index (χ1) is 19.4. The summed E-state index contributed by atoms with van der Waals surface area (Å²) in [5.74, 6) is 0.543. The van der Waals surface area contributed by atoms with Gasteiger partial charge in [0.1, 0.15) is 34.1 Å². The van der Waals surface area contributed by atoms with Crippen LogP contribution in [0.2, 0.25) is 0 Å². The van der Waals surface area contributed by atoms with Crippen molar-refractivity contribution in [3.05, 3.63) is 93.9 Å². The first-order valence-corrected chi connectivity index (χ1v) is 15.0. The fourth-order valence-corrected chi connectivity index (χ4v) is 6.45. The van der Waals surface area contributed by atoms with Gasteiger partial charge in [-0.15, -0.1) is 23.5 Å². The van der Waals surface area contributed by atoms with Crippen molar-refractivity contribution in [1.82, 2.24) is 15.4 Å². The molecule has 1 aromatic heterocycles. The maximum atomic E-state index is 13.4. The molecule has 2 aliphatic heterocycles. The molecule has 2 amide bonds. The first kappa shape index (κ1) is 28.1. The van der Waals surface area contributed by atoms with Gasteiger partial charge in [-0.25, -0.2) is 4.79 Å². The molecular weight excluding hydrogens is 618 g/mol. The van der Waals surface area contributed by atoms with Crippen molar-refractivity contribution in [2.75, 3.05) is 18.6 Å². The maximum absolute atomic E-state index is 13.4. The number of nitrogens with zero attached hydrogens (tertiary/aromatic N) is 2. The summed E-state index contributed by atoms with van der Waals surface area (Å²) in [6, 6.07) is 17.7. The number of hydrogen-bond acceptors (Lipinski definition) is 9. The van der Waals surface area contributed by atoms with Crippen LogP contribution < -0.4 is 10.1 Å². The largest absolute Gasteiger partial charge is 0.497 e. The number of carbonyl (C=O) groups excluding carboxylic acids is 3. The smallest absolute Gasteiger partial charge is 0.355 e. The summed E-state index contributed by atoms with van der Waals surface area (Å²) in [6.45, 7) is 0.0229. The zero-order chi connectivity index (χ0) is 28.1. The van der Waals surface area contributed by atoms with Crippen molar-refractivity contribution in [3.8, 4) is 5.75 Å². The quantitative estimate of drug-likeness (QED) is 0.192. The molecule has 0 spiro atoms. The Balaban J connectivity index is 1.30. The SMILES string of the molecule is COc1ccc(COC(=O)C2=C(/C=C/c3cc(Br)no3)CSC3[C@H](NC(=O)CSc4ccccc4)C(=O)N23)cc1. The Morgan fingerprint density at radius 3 is 2.67 bits per heavy atom. The lowest BCUT2D eigenvalue weighted by molar-refractivity contribution is -0.153. The van der Waals surface area contributed by atoms with Gasteiger partial charge in [0.2, 0.25) is 5.91 Å². The lowest BCUT2D eigenvalue weighted by atomic mass is 10.0. The Morgan fingerprint density at radius 1 is 1.20 bits per heavy atom. The number of nitrogens with one attached hydrogen (secondary N) is 1. The van der Waals surface area contributed by atoms with Crippen molar-refractivity contribution in [2.45, 2.75) is 22.9 Å². The molecule has 9 nitrogen and oxygen atoms in total. The Labute approximate surface area is 247 Å². The number of β-lactam (4-membered cyclic amide) rings is 1. The summed E-state index contributed by atoms with van der Waals surface area (Å²) in [4.78, 5) is 41.6. The van der Waals surface area contributed by atoms with Crippen LogP contribution in [0, 0.1) is 0 Å². The van der Waals surface area contributed by atoms with Crippen molar-refractivity contribution < 1.29 is 28.4 Å².